The molecule has 9 heteroatoms. The number of aromatic hydroxyl groups is 1. The zero-order chi connectivity index (χ0) is 20.2. The molecule has 1 aromatic carbocycles. The third-order valence-electron chi connectivity index (χ3n) is 5.55. The van der Waals surface area contributed by atoms with Gasteiger partial charge in [0.1, 0.15) is 21.9 Å². The van der Waals surface area contributed by atoms with Gasteiger partial charge in [-0.25, -0.2) is 4.98 Å². The highest BCUT2D eigenvalue weighted by atomic mass is 32.3. The summed E-state index contributed by atoms with van der Waals surface area (Å²) in [7, 11) is -3.50. The predicted octanol–water partition coefficient (Wildman–Crippen LogP) is 3.80. The molecule has 0 atom stereocenters. The molecule has 2 aliphatic rings. The maximum atomic E-state index is 13.4. The third kappa shape index (κ3) is 2.89. The molecular formula is C20H20N4O4S. The van der Waals surface area contributed by atoms with Crippen LogP contribution in [0.15, 0.2) is 56.7 Å². The molecule has 0 radical (unpaired) electrons. The van der Waals surface area contributed by atoms with Gasteiger partial charge < -0.3 is 10.4 Å². The van der Waals surface area contributed by atoms with Crippen LogP contribution in [0.25, 0.3) is 11.0 Å². The Hall–Kier alpha value is -2.88. The number of nitrogens with zero attached hydrogens (tertiary/aromatic N) is 3. The van der Waals surface area contributed by atoms with Crippen LogP contribution in [-0.4, -0.2) is 29.6 Å². The molecule has 150 valence electrons. The molecule has 0 bridgehead atoms. The first-order valence-corrected chi connectivity index (χ1v) is 10.9. The summed E-state index contributed by atoms with van der Waals surface area (Å²) in [6.07, 6.45) is 4.82. The van der Waals surface area contributed by atoms with E-state index in [9.17, 15) is 19.0 Å². The number of aromatic nitrogens is 2. The van der Waals surface area contributed by atoms with Gasteiger partial charge >= 0.3 is 0 Å². The SMILES string of the molecule is O=c1c(C2=NS(O)(O)c3ccccc3N2)c(O)c2cccnc2n1CC1CCC1. The first kappa shape index (κ1) is 18.2. The molecule has 1 aliphatic heterocycles. The van der Waals surface area contributed by atoms with Crippen LogP contribution in [0.2, 0.25) is 0 Å². The average molecular weight is 412 g/mol. The molecule has 0 unspecified atom stereocenters. The van der Waals surface area contributed by atoms with Gasteiger partial charge in [0.2, 0.25) is 0 Å². The molecule has 3 aromatic rings. The third-order valence-corrected chi connectivity index (χ3v) is 6.93. The number of anilines is 1. The Balaban J connectivity index is 1.73. The van der Waals surface area contributed by atoms with E-state index in [0.717, 1.165) is 19.3 Å². The van der Waals surface area contributed by atoms with E-state index >= 15 is 0 Å². The summed E-state index contributed by atoms with van der Waals surface area (Å²) in [6, 6.07) is 10.0. The number of hydrogen-bond acceptors (Lipinski definition) is 7. The minimum atomic E-state index is -3.50. The fourth-order valence-corrected chi connectivity index (χ4v) is 4.99. The maximum Gasteiger partial charge on any atom is 0.267 e. The lowest BCUT2D eigenvalue weighted by Crippen LogP contribution is -2.34. The van der Waals surface area contributed by atoms with Crippen LogP contribution < -0.4 is 10.9 Å². The minimum absolute atomic E-state index is 0.0562. The van der Waals surface area contributed by atoms with Crippen LogP contribution in [0.4, 0.5) is 5.69 Å². The van der Waals surface area contributed by atoms with E-state index in [0.29, 0.717) is 29.2 Å². The Morgan fingerprint density at radius 3 is 2.72 bits per heavy atom. The zero-order valence-corrected chi connectivity index (χ0v) is 16.3. The van der Waals surface area contributed by atoms with Crippen LogP contribution >= 0.6 is 10.8 Å². The van der Waals surface area contributed by atoms with Gasteiger partial charge in [-0.3, -0.25) is 18.5 Å². The summed E-state index contributed by atoms with van der Waals surface area (Å²) in [5.74, 6) is 0.0563. The fraction of sp³-hybridized carbons (Fsp3) is 0.250. The molecule has 5 rings (SSSR count). The smallest absolute Gasteiger partial charge is 0.267 e. The van der Waals surface area contributed by atoms with Crippen molar-refractivity contribution < 1.29 is 14.2 Å². The normalized spacial score (nSPS) is 19.0. The van der Waals surface area contributed by atoms with Crippen molar-refractivity contribution in [3.63, 3.8) is 0 Å². The van der Waals surface area contributed by atoms with Crippen molar-refractivity contribution in [2.75, 3.05) is 5.32 Å². The van der Waals surface area contributed by atoms with Crippen molar-refractivity contribution in [2.45, 2.75) is 30.7 Å². The van der Waals surface area contributed by atoms with Gasteiger partial charge in [-0.05, 0) is 43.0 Å². The van der Waals surface area contributed by atoms with E-state index in [4.69, 9.17) is 0 Å². The quantitative estimate of drug-likeness (QED) is 0.519. The van der Waals surface area contributed by atoms with Crippen LogP contribution in [-0.2, 0) is 6.54 Å². The average Bonchev–Trinajstić information content (AvgIpc) is 2.66. The van der Waals surface area contributed by atoms with Crippen molar-refractivity contribution >= 4 is 33.3 Å². The van der Waals surface area contributed by atoms with E-state index in [2.05, 4.69) is 14.7 Å². The van der Waals surface area contributed by atoms with Crippen LogP contribution in [0.3, 0.4) is 0 Å². The predicted molar refractivity (Wildman–Crippen MR) is 113 cm³/mol. The highest BCUT2D eigenvalue weighted by molar-refractivity contribution is 8.23. The molecule has 0 amide bonds. The number of hydrogen-bond donors (Lipinski definition) is 4. The summed E-state index contributed by atoms with van der Waals surface area (Å²) in [4.78, 5) is 18.0. The summed E-state index contributed by atoms with van der Waals surface area (Å²) in [5, 5.41) is 14.3. The van der Waals surface area contributed by atoms with Gasteiger partial charge in [0.05, 0.1) is 11.1 Å². The Labute approximate surface area is 168 Å². The van der Waals surface area contributed by atoms with Gasteiger partial charge in [-0.1, -0.05) is 29.3 Å². The van der Waals surface area contributed by atoms with Crippen LogP contribution in [0.5, 0.6) is 5.75 Å². The lowest BCUT2D eigenvalue weighted by Gasteiger charge is -2.34. The highest BCUT2D eigenvalue weighted by Crippen LogP contribution is 2.55. The lowest BCUT2D eigenvalue weighted by molar-refractivity contribution is 0.276. The van der Waals surface area contributed by atoms with E-state index in [-0.39, 0.29) is 22.0 Å². The zero-order valence-electron chi connectivity index (χ0n) is 15.4. The lowest BCUT2D eigenvalue weighted by atomic mass is 9.85. The second-order valence-corrected chi connectivity index (χ2v) is 9.05. The number of benzene rings is 1. The molecule has 1 aliphatic carbocycles. The van der Waals surface area contributed by atoms with Crippen molar-refractivity contribution in [3.05, 3.63) is 58.5 Å². The second kappa shape index (κ2) is 6.58. The molecule has 2 aromatic heterocycles. The summed E-state index contributed by atoms with van der Waals surface area (Å²) in [5.41, 5.74) is 0.308. The number of rotatable bonds is 3. The number of para-hydroxylation sites is 1. The molecule has 0 spiro atoms. The summed E-state index contributed by atoms with van der Waals surface area (Å²) in [6.45, 7) is 0.500. The molecule has 29 heavy (non-hydrogen) atoms. The standard InChI is InChI=1S/C20H20N4O4S/c25-17-13-7-4-10-21-19(13)24(11-12-5-3-6-12)20(26)16(17)18-22-14-8-1-2-9-15(14)29(27,28)23-18/h1-2,4,7-10,12,25,27-28H,3,5-6,11H2,(H,22,23). The van der Waals surface area contributed by atoms with Crippen molar-refractivity contribution in [2.24, 2.45) is 10.3 Å². The molecular weight excluding hydrogens is 392 g/mol. The Morgan fingerprint density at radius 2 is 1.97 bits per heavy atom. The Kier molecular flexibility index (Phi) is 4.12. The summed E-state index contributed by atoms with van der Waals surface area (Å²) < 4.78 is 26.6. The van der Waals surface area contributed by atoms with Gasteiger partial charge in [-0.15, -0.1) is 4.40 Å². The van der Waals surface area contributed by atoms with E-state index < -0.39 is 16.3 Å². The van der Waals surface area contributed by atoms with Crippen molar-refractivity contribution in [1.82, 2.24) is 9.55 Å². The fourth-order valence-electron chi connectivity index (χ4n) is 3.82. The van der Waals surface area contributed by atoms with Crippen molar-refractivity contribution in [3.8, 4) is 5.75 Å². The maximum absolute atomic E-state index is 13.4. The molecule has 1 fully saturated rings. The number of fused-ring (bicyclic) bond motifs is 2. The number of amidine groups is 1. The van der Waals surface area contributed by atoms with E-state index in [1.165, 1.54) is 0 Å². The van der Waals surface area contributed by atoms with Crippen LogP contribution in [0, 0.1) is 5.92 Å². The molecule has 1 saturated carbocycles. The van der Waals surface area contributed by atoms with E-state index in [1.807, 2.05) is 0 Å². The largest absolute Gasteiger partial charge is 0.506 e. The van der Waals surface area contributed by atoms with E-state index in [1.54, 1.807) is 47.2 Å². The monoisotopic (exact) mass is 412 g/mol. The first-order chi connectivity index (χ1) is 14.0. The van der Waals surface area contributed by atoms with Gasteiger partial charge in [0.15, 0.2) is 5.84 Å². The van der Waals surface area contributed by atoms with Crippen LogP contribution in [0.1, 0.15) is 24.8 Å². The number of pyridine rings is 2. The molecule has 4 N–H and O–H groups in total. The van der Waals surface area contributed by atoms with Gasteiger partial charge in [0, 0.05) is 12.7 Å². The Morgan fingerprint density at radius 1 is 1.17 bits per heavy atom. The minimum Gasteiger partial charge on any atom is -0.506 e. The van der Waals surface area contributed by atoms with Gasteiger partial charge in [-0.2, -0.15) is 0 Å². The molecule has 8 nitrogen and oxygen atoms in total. The summed E-state index contributed by atoms with van der Waals surface area (Å²) >= 11 is 0. The first-order valence-electron chi connectivity index (χ1n) is 9.41. The molecule has 3 heterocycles. The topological polar surface area (TPSA) is 120 Å². The Bertz CT molecular complexity index is 1220. The highest BCUT2D eigenvalue weighted by Gasteiger charge is 2.31. The number of nitrogens with one attached hydrogen (secondary N) is 1. The second-order valence-electron chi connectivity index (χ2n) is 7.39. The van der Waals surface area contributed by atoms with Gasteiger partial charge in [0.25, 0.3) is 5.56 Å². The molecule has 0 saturated heterocycles. The van der Waals surface area contributed by atoms with Crippen molar-refractivity contribution in [1.29, 1.82) is 0 Å².